The van der Waals surface area contributed by atoms with Gasteiger partial charge in [-0.2, -0.15) is 4.31 Å². The number of nitrogens with zero attached hydrogens (tertiary/aromatic N) is 1. The highest BCUT2D eigenvalue weighted by atomic mass is 35.5. The number of hydrogen-bond donors (Lipinski definition) is 1. The third-order valence-electron chi connectivity index (χ3n) is 4.35. The second-order valence-corrected chi connectivity index (χ2v) is 9.21. The van der Waals surface area contributed by atoms with Crippen molar-refractivity contribution in [3.8, 4) is 0 Å². The molecule has 2 aromatic rings. The Hall–Kier alpha value is -1.64. The lowest BCUT2D eigenvalue weighted by atomic mass is 10.1. The van der Waals surface area contributed by atoms with Crippen molar-refractivity contribution in [2.75, 3.05) is 31.6 Å². The van der Waals surface area contributed by atoms with Gasteiger partial charge < -0.3 is 10.1 Å². The van der Waals surface area contributed by atoms with Gasteiger partial charge >= 0.3 is 0 Å². The first-order valence-electron chi connectivity index (χ1n) is 8.70. The van der Waals surface area contributed by atoms with Gasteiger partial charge in [-0.3, -0.25) is 4.79 Å². The molecule has 1 fully saturated rings. The molecular weight excluding hydrogens is 423 g/mol. The number of anilines is 1. The minimum absolute atomic E-state index is 0.0435. The van der Waals surface area contributed by atoms with Crippen LogP contribution in [0.2, 0.25) is 10.0 Å². The van der Waals surface area contributed by atoms with Gasteiger partial charge in [0.05, 0.1) is 35.4 Å². The first-order chi connectivity index (χ1) is 13.3. The Morgan fingerprint density at radius 2 is 1.82 bits per heavy atom. The molecule has 3 rings (SSSR count). The Morgan fingerprint density at radius 1 is 1.11 bits per heavy atom. The number of amides is 1. The lowest BCUT2D eigenvalue weighted by Gasteiger charge is -2.27. The minimum Gasteiger partial charge on any atom is -0.379 e. The Kier molecular flexibility index (Phi) is 6.62. The molecule has 1 saturated heterocycles. The highest BCUT2D eigenvalue weighted by molar-refractivity contribution is 7.89. The Morgan fingerprint density at radius 3 is 2.50 bits per heavy atom. The van der Waals surface area contributed by atoms with Crippen LogP contribution in [0.15, 0.2) is 41.3 Å². The molecule has 9 heteroatoms. The van der Waals surface area contributed by atoms with E-state index in [0.717, 1.165) is 5.56 Å². The van der Waals surface area contributed by atoms with Crippen LogP contribution in [-0.4, -0.2) is 44.9 Å². The van der Waals surface area contributed by atoms with Gasteiger partial charge in [-0.25, -0.2) is 8.42 Å². The summed E-state index contributed by atoms with van der Waals surface area (Å²) in [6.07, 6.45) is 0.0435. The molecule has 0 bridgehead atoms. The molecule has 1 amide bonds. The zero-order valence-corrected chi connectivity index (χ0v) is 17.6. The van der Waals surface area contributed by atoms with E-state index in [2.05, 4.69) is 5.32 Å². The standard InChI is InChI=1S/C19H20Cl2N2O4S/c1-13-2-5-17(18(10-13)28(25,26)23-6-8-27-9-7-23)22-19(24)12-14-3-4-15(20)16(21)11-14/h2-5,10-11H,6-9,12H2,1H3,(H,22,24). The molecule has 0 atom stereocenters. The maximum atomic E-state index is 13.1. The molecule has 0 spiro atoms. The van der Waals surface area contributed by atoms with Crippen molar-refractivity contribution in [2.45, 2.75) is 18.2 Å². The number of aryl methyl sites for hydroxylation is 1. The number of rotatable bonds is 5. The number of hydrogen-bond acceptors (Lipinski definition) is 4. The Labute approximate surface area is 174 Å². The summed E-state index contributed by atoms with van der Waals surface area (Å²) >= 11 is 11.9. The quantitative estimate of drug-likeness (QED) is 0.768. The monoisotopic (exact) mass is 442 g/mol. The zero-order chi connectivity index (χ0) is 20.3. The van der Waals surface area contributed by atoms with E-state index in [-0.39, 0.29) is 36.0 Å². The van der Waals surface area contributed by atoms with Crippen molar-refractivity contribution < 1.29 is 17.9 Å². The van der Waals surface area contributed by atoms with E-state index in [1.54, 1.807) is 43.3 Å². The molecular formula is C19H20Cl2N2O4S. The van der Waals surface area contributed by atoms with Crippen molar-refractivity contribution in [3.05, 3.63) is 57.6 Å². The smallest absolute Gasteiger partial charge is 0.245 e. The van der Waals surface area contributed by atoms with Gasteiger partial charge in [0.25, 0.3) is 0 Å². The molecule has 0 unspecified atom stereocenters. The van der Waals surface area contributed by atoms with E-state index in [1.807, 2.05) is 0 Å². The van der Waals surface area contributed by atoms with Crippen molar-refractivity contribution >= 4 is 44.8 Å². The number of sulfonamides is 1. The summed E-state index contributed by atoms with van der Waals surface area (Å²) < 4.78 is 32.8. The molecule has 0 aromatic heterocycles. The van der Waals surface area contributed by atoms with Gasteiger partial charge in [0.15, 0.2) is 0 Å². The molecule has 6 nitrogen and oxygen atoms in total. The predicted octanol–water partition coefficient (Wildman–Crippen LogP) is 3.50. The largest absolute Gasteiger partial charge is 0.379 e. The number of nitrogens with one attached hydrogen (secondary N) is 1. The summed E-state index contributed by atoms with van der Waals surface area (Å²) in [5.41, 5.74) is 1.72. The fourth-order valence-corrected chi connectivity index (χ4v) is 4.86. The normalized spacial score (nSPS) is 15.4. The summed E-state index contributed by atoms with van der Waals surface area (Å²) in [6, 6.07) is 9.87. The van der Waals surface area contributed by atoms with Crippen LogP contribution in [0.5, 0.6) is 0 Å². The van der Waals surface area contributed by atoms with Crippen LogP contribution in [0, 0.1) is 6.92 Å². The van der Waals surface area contributed by atoms with E-state index in [0.29, 0.717) is 28.8 Å². The number of ether oxygens (including phenoxy) is 1. The molecule has 1 aliphatic rings. The van der Waals surface area contributed by atoms with Crippen LogP contribution in [0.3, 0.4) is 0 Å². The number of carbonyl (C=O) groups excluding carboxylic acids is 1. The summed E-state index contributed by atoms with van der Waals surface area (Å²) in [5, 5.41) is 3.48. The molecule has 150 valence electrons. The van der Waals surface area contributed by atoms with Crippen molar-refractivity contribution in [1.29, 1.82) is 0 Å². The van der Waals surface area contributed by atoms with Gasteiger partial charge in [0.1, 0.15) is 4.90 Å². The van der Waals surface area contributed by atoms with Crippen molar-refractivity contribution in [1.82, 2.24) is 4.31 Å². The molecule has 1 aliphatic heterocycles. The van der Waals surface area contributed by atoms with Crippen LogP contribution < -0.4 is 5.32 Å². The topological polar surface area (TPSA) is 75.7 Å². The number of halogens is 2. The van der Waals surface area contributed by atoms with Gasteiger partial charge in [0.2, 0.25) is 15.9 Å². The van der Waals surface area contributed by atoms with Crippen LogP contribution >= 0.6 is 23.2 Å². The van der Waals surface area contributed by atoms with E-state index < -0.39 is 10.0 Å². The molecule has 1 heterocycles. The second-order valence-electron chi connectivity index (χ2n) is 6.49. The molecule has 2 aromatic carbocycles. The second kappa shape index (κ2) is 8.80. The van der Waals surface area contributed by atoms with Crippen LogP contribution in [0.4, 0.5) is 5.69 Å². The van der Waals surface area contributed by atoms with Crippen LogP contribution in [0.25, 0.3) is 0 Å². The molecule has 1 N–H and O–H groups in total. The maximum absolute atomic E-state index is 13.1. The third-order valence-corrected chi connectivity index (χ3v) is 7.03. The Balaban J connectivity index is 1.83. The predicted molar refractivity (Wildman–Crippen MR) is 110 cm³/mol. The third kappa shape index (κ3) is 4.85. The van der Waals surface area contributed by atoms with Crippen LogP contribution in [-0.2, 0) is 26.0 Å². The van der Waals surface area contributed by atoms with Crippen LogP contribution in [0.1, 0.15) is 11.1 Å². The fraction of sp³-hybridized carbons (Fsp3) is 0.316. The lowest BCUT2D eigenvalue weighted by molar-refractivity contribution is -0.115. The number of carbonyl (C=O) groups is 1. The van der Waals surface area contributed by atoms with E-state index in [9.17, 15) is 13.2 Å². The van der Waals surface area contributed by atoms with Gasteiger partial charge in [-0.05, 0) is 42.3 Å². The average molecular weight is 443 g/mol. The molecule has 0 saturated carbocycles. The summed E-state index contributed by atoms with van der Waals surface area (Å²) in [6.45, 7) is 3.08. The van der Waals surface area contributed by atoms with Crippen molar-refractivity contribution in [3.63, 3.8) is 0 Å². The summed E-state index contributed by atoms with van der Waals surface area (Å²) in [4.78, 5) is 12.6. The first kappa shape index (κ1) is 21.1. The Bertz CT molecular complexity index is 989. The van der Waals surface area contributed by atoms with E-state index in [1.165, 1.54) is 4.31 Å². The lowest BCUT2D eigenvalue weighted by Crippen LogP contribution is -2.41. The van der Waals surface area contributed by atoms with Gasteiger partial charge in [-0.15, -0.1) is 0 Å². The SMILES string of the molecule is Cc1ccc(NC(=O)Cc2ccc(Cl)c(Cl)c2)c(S(=O)(=O)N2CCOCC2)c1. The van der Waals surface area contributed by atoms with Gasteiger partial charge in [0, 0.05) is 13.1 Å². The average Bonchev–Trinajstić information content (AvgIpc) is 2.67. The summed E-state index contributed by atoms with van der Waals surface area (Å²) in [5.74, 6) is -0.347. The summed E-state index contributed by atoms with van der Waals surface area (Å²) in [7, 11) is -3.75. The number of benzene rings is 2. The molecule has 0 radical (unpaired) electrons. The highest BCUT2D eigenvalue weighted by Crippen LogP contribution is 2.27. The van der Waals surface area contributed by atoms with E-state index >= 15 is 0 Å². The minimum atomic E-state index is -3.75. The van der Waals surface area contributed by atoms with Gasteiger partial charge in [-0.1, -0.05) is 35.3 Å². The van der Waals surface area contributed by atoms with Crippen molar-refractivity contribution in [2.24, 2.45) is 0 Å². The van der Waals surface area contributed by atoms with E-state index in [4.69, 9.17) is 27.9 Å². The zero-order valence-electron chi connectivity index (χ0n) is 15.2. The molecule has 0 aliphatic carbocycles. The maximum Gasteiger partial charge on any atom is 0.245 e. The molecule has 28 heavy (non-hydrogen) atoms. The fourth-order valence-electron chi connectivity index (χ4n) is 2.90. The number of morpholine rings is 1. The first-order valence-corrected chi connectivity index (χ1v) is 10.9. The highest BCUT2D eigenvalue weighted by Gasteiger charge is 2.29.